The molecular formula is C9H13BrF3NO2. The van der Waals surface area contributed by atoms with Crippen LogP contribution in [-0.2, 0) is 9.53 Å². The van der Waals surface area contributed by atoms with E-state index in [0.29, 0.717) is 19.0 Å². The number of amides is 1. The van der Waals surface area contributed by atoms with Crippen molar-refractivity contribution in [1.29, 1.82) is 0 Å². The van der Waals surface area contributed by atoms with Gasteiger partial charge < -0.3 is 9.64 Å². The second-order valence-corrected chi connectivity index (χ2v) is 4.40. The highest BCUT2D eigenvalue weighted by Crippen LogP contribution is 2.18. The topological polar surface area (TPSA) is 29.5 Å². The molecule has 0 spiro atoms. The molecule has 16 heavy (non-hydrogen) atoms. The average molecular weight is 304 g/mol. The Bertz CT molecular complexity index is 247. The van der Waals surface area contributed by atoms with Gasteiger partial charge in [0.1, 0.15) is 13.2 Å². The maximum atomic E-state index is 11.7. The summed E-state index contributed by atoms with van der Waals surface area (Å²) in [6.07, 6.45) is -3.49. The van der Waals surface area contributed by atoms with E-state index >= 15 is 0 Å². The predicted molar refractivity (Wildman–Crippen MR) is 55.4 cm³/mol. The van der Waals surface area contributed by atoms with Crippen molar-refractivity contribution in [2.75, 3.05) is 31.6 Å². The summed E-state index contributed by atoms with van der Waals surface area (Å²) in [5.74, 6) is 0.0271. The van der Waals surface area contributed by atoms with Gasteiger partial charge in [0.05, 0.1) is 0 Å². The summed E-state index contributed by atoms with van der Waals surface area (Å²) >= 11 is 3.31. The summed E-state index contributed by atoms with van der Waals surface area (Å²) in [6.45, 7) is -0.660. The van der Waals surface area contributed by atoms with Gasteiger partial charge in [-0.1, -0.05) is 15.9 Å². The minimum Gasteiger partial charge on any atom is -0.362 e. The lowest BCUT2D eigenvalue weighted by Gasteiger charge is -2.16. The SMILES string of the molecule is O=C(COCC(F)(F)F)N1CCC(CBr)C1. The Labute approximate surface area is 100 Å². The van der Waals surface area contributed by atoms with E-state index < -0.39 is 19.4 Å². The number of rotatable bonds is 4. The van der Waals surface area contributed by atoms with Crippen molar-refractivity contribution in [3.63, 3.8) is 0 Å². The standard InChI is InChI=1S/C9H13BrF3NO2/c10-3-7-1-2-14(4-7)8(15)5-16-6-9(11,12)13/h7H,1-6H2. The monoisotopic (exact) mass is 303 g/mol. The van der Waals surface area contributed by atoms with Crippen LogP contribution in [0.2, 0.25) is 0 Å². The van der Waals surface area contributed by atoms with Gasteiger partial charge in [-0.3, -0.25) is 4.79 Å². The van der Waals surface area contributed by atoms with Gasteiger partial charge >= 0.3 is 6.18 Å². The first-order chi connectivity index (χ1) is 7.42. The zero-order chi connectivity index (χ0) is 12.2. The number of ether oxygens (including phenoxy) is 1. The Morgan fingerprint density at radius 1 is 1.50 bits per heavy atom. The van der Waals surface area contributed by atoms with Gasteiger partial charge in [-0.05, 0) is 12.3 Å². The maximum Gasteiger partial charge on any atom is 0.411 e. The fourth-order valence-electron chi connectivity index (χ4n) is 1.53. The molecule has 0 aliphatic carbocycles. The van der Waals surface area contributed by atoms with E-state index in [0.717, 1.165) is 11.8 Å². The molecule has 0 radical (unpaired) electrons. The lowest BCUT2D eigenvalue weighted by Crippen LogP contribution is -2.33. The molecule has 1 fully saturated rings. The maximum absolute atomic E-state index is 11.7. The minimum atomic E-state index is -4.37. The van der Waals surface area contributed by atoms with Crippen molar-refractivity contribution >= 4 is 21.8 Å². The molecular weight excluding hydrogens is 291 g/mol. The van der Waals surface area contributed by atoms with Crippen LogP contribution in [0.25, 0.3) is 0 Å². The average Bonchev–Trinajstić information content (AvgIpc) is 2.63. The molecule has 1 unspecified atom stereocenters. The van der Waals surface area contributed by atoms with E-state index in [9.17, 15) is 18.0 Å². The molecule has 0 N–H and O–H groups in total. The smallest absolute Gasteiger partial charge is 0.362 e. The highest BCUT2D eigenvalue weighted by molar-refractivity contribution is 9.09. The Balaban J connectivity index is 2.21. The summed E-state index contributed by atoms with van der Waals surface area (Å²) in [7, 11) is 0. The van der Waals surface area contributed by atoms with Gasteiger partial charge in [0, 0.05) is 18.4 Å². The predicted octanol–water partition coefficient (Wildman–Crippen LogP) is 1.81. The molecule has 1 aliphatic heterocycles. The van der Waals surface area contributed by atoms with Crippen molar-refractivity contribution < 1.29 is 22.7 Å². The molecule has 0 aromatic heterocycles. The number of hydrogen-bond donors (Lipinski definition) is 0. The van der Waals surface area contributed by atoms with Crippen molar-refractivity contribution in [2.45, 2.75) is 12.6 Å². The highest BCUT2D eigenvalue weighted by Gasteiger charge is 2.29. The van der Waals surface area contributed by atoms with Gasteiger partial charge in [0.2, 0.25) is 5.91 Å². The molecule has 1 heterocycles. The van der Waals surface area contributed by atoms with Crippen LogP contribution < -0.4 is 0 Å². The Morgan fingerprint density at radius 3 is 2.69 bits per heavy atom. The van der Waals surface area contributed by atoms with E-state index in [-0.39, 0.29) is 5.91 Å². The number of halogens is 4. The molecule has 1 rings (SSSR count). The van der Waals surface area contributed by atoms with Crippen LogP contribution >= 0.6 is 15.9 Å². The first kappa shape index (κ1) is 13.8. The summed E-state index contributed by atoms with van der Waals surface area (Å²) < 4.78 is 39.5. The number of hydrogen-bond acceptors (Lipinski definition) is 2. The quantitative estimate of drug-likeness (QED) is 0.741. The molecule has 0 aromatic carbocycles. The number of carbonyl (C=O) groups excluding carboxylic acids is 1. The fraction of sp³-hybridized carbons (Fsp3) is 0.889. The normalized spacial score (nSPS) is 21.5. The third kappa shape index (κ3) is 4.69. The third-order valence-electron chi connectivity index (χ3n) is 2.35. The van der Waals surface area contributed by atoms with Crippen molar-refractivity contribution in [1.82, 2.24) is 4.90 Å². The molecule has 94 valence electrons. The van der Waals surface area contributed by atoms with Crippen LogP contribution in [-0.4, -0.2) is 48.6 Å². The van der Waals surface area contributed by atoms with E-state index in [1.807, 2.05) is 0 Å². The van der Waals surface area contributed by atoms with Gasteiger partial charge in [-0.15, -0.1) is 0 Å². The van der Waals surface area contributed by atoms with Crippen LogP contribution in [0.4, 0.5) is 13.2 Å². The molecule has 0 aromatic rings. The molecule has 1 amide bonds. The Kier molecular flexibility index (Phi) is 5.04. The summed E-state index contributed by atoms with van der Waals surface area (Å²) in [6, 6.07) is 0. The van der Waals surface area contributed by atoms with Gasteiger partial charge in [-0.2, -0.15) is 13.2 Å². The largest absolute Gasteiger partial charge is 0.411 e. The second-order valence-electron chi connectivity index (χ2n) is 3.76. The lowest BCUT2D eigenvalue weighted by molar-refractivity contribution is -0.177. The number of likely N-dealkylation sites (tertiary alicyclic amines) is 1. The minimum absolute atomic E-state index is 0.368. The molecule has 1 aliphatic rings. The van der Waals surface area contributed by atoms with Gasteiger partial charge in [0.15, 0.2) is 0 Å². The summed E-state index contributed by atoms with van der Waals surface area (Å²) in [5, 5.41) is 0.806. The first-order valence-electron chi connectivity index (χ1n) is 4.90. The van der Waals surface area contributed by atoms with Crippen LogP contribution in [0, 0.1) is 5.92 Å². The summed E-state index contributed by atoms with van der Waals surface area (Å²) in [5.41, 5.74) is 0. The van der Waals surface area contributed by atoms with E-state index in [2.05, 4.69) is 20.7 Å². The van der Waals surface area contributed by atoms with Gasteiger partial charge in [0.25, 0.3) is 0 Å². The Morgan fingerprint density at radius 2 is 2.19 bits per heavy atom. The number of carbonyl (C=O) groups is 1. The summed E-state index contributed by atoms with van der Waals surface area (Å²) in [4.78, 5) is 13.0. The molecule has 3 nitrogen and oxygen atoms in total. The van der Waals surface area contributed by atoms with Crippen molar-refractivity contribution in [3.8, 4) is 0 Å². The Hall–Kier alpha value is -0.300. The van der Waals surface area contributed by atoms with Gasteiger partial charge in [-0.25, -0.2) is 0 Å². The van der Waals surface area contributed by atoms with Crippen LogP contribution in [0.3, 0.4) is 0 Å². The molecule has 1 atom stereocenters. The van der Waals surface area contributed by atoms with E-state index in [4.69, 9.17) is 0 Å². The number of nitrogens with zero attached hydrogens (tertiary/aromatic N) is 1. The zero-order valence-electron chi connectivity index (χ0n) is 8.60. The zero-order valence-corrected chi connectivity index (χ0v) is 10.2. The molecule has 0 saturated carbocycles. The third-order valence-corrected chi connectivity index (χ3v) is 3.26. The van der Waals surface area contributed by atoms with Crippen LogP contribution in [0.1, 0.15) is 6.42 Å². The van der Waals surface area contributed by atoms with E-state index in [1.54, 1.807) is 4.90 Å². The van der Waals surface area contributed by atoms with Crippen LogP contribution in [0.5, 0.6) is 0 Å². The van der Waals surface area contributed by atoms with E-state index in [1.165, 1.54) is 0 Å². The van der Waals surface area contributed by atoms with Crippen molar-refractivity contribution in [2.24, 2.45) is 5.92 Å². The fourth-order valence-corrected chi connectivity index (χ4v) is 2.06. The first-order valence-corrected chi connectivity index (χ1v) is 6.03. The molecule has 1 saturated heterocycles. The van der Waals surface area contributed by atoms with Crippen molar-refractivity contribution in [3.05, 3.63) is 0 Å². The van der Waals surface area contributed by atoms with Crippen LogP contribution in [0.15, 0.2) is 0 Å². The number of alkyl halides is 4. The second kappa shape index (κ2) is 5.86. The lowest BCUT2D eigenvalue weighted by atomic mass is 10.2. The molecule has 0 bridgehead atoms. The molecule has 7 heteroatoms. The highest BCUT2D eigenvalue weighted by atomic mass is 79.9.